The number of anilines is 2. The number of fused-ring (bicyclic) bond motifs is 1. The fraction of sp³-hybridized carbons (Fsp3) is 0.312. The summed E-state index contributed by atoms with van der Waals surface area (Å²) in [6, 6.07) is 8.17. The first-order valence-electron chi connectivity index (χ1n) is 7.54. The van der Waals surface area contributed by atoms with E-state index in [0.717, 1.165) is 48.8 Å². The quantitative estimate of drug-likeness (QED) is 0.720. The minimum Gasteiger partial charge on any atom is -0.423 e. The lowest BCUT2D eigenvalue weighted by molar-refractivity contribution is 0.540. The molecule has 3 aromatic rings. The third kappa shape index (κ3) is 2.82. The smallest absolute Gasteiger partial charge is 0.298 e. The van der Waals surface area contributed by atoms with Gasteiger partial charge in [0.05, 0.1) is 0 Å². The number of nitrogens with zero attached hydrogens (tertiary/aromatic N) is 5. The Hall–Kier alpha value is -2.34. The van der Waals surface area contributed by atoms with Gasteiger partial charge in [0, 0.05) is 49.0 Å². The molecule has 1 aliphatic heterocycles. The Morgan fingerprint density at radius 3 is 2.61 bits per heavy atom. The van der Waals surface area contributed by atoms with E-state index in [9.17, 15) is 0 Å². The van der Waals surface area contributed by atoms with Crippen molar-refractivity contribution >= 4 is 34.5 Å². The van der Waals surface area contributed by atoms with Crippen LogP contribution in [0.4, 0.5) is 11.8 Å². The molecule has 1 fully saturated rings. The van der Waals surface area contributed by atoms with Crippen molar-refractivity contribution in [3.05, 3.63) is 41.3 Å². The maximum atomic E-state index is 5.99. The van der Waals surface area contributed by atoms with Gasteiger partial charge >= 0.3 is 0 Å². The molecule has 4 rings (SSSR count). The van der Waals surface area contributed by atoms with Crippen molar-refractivity contribution in [1.82, 2.24) is 15.0 Å². The van der Waals surface area contributed by atoms with Crippen LogP contribution in [0.5, 0.6) is 0 Å². The summed E-state index contributed by atoms with van der Waals surface area (Å²) in [4.78, 5) is 17.4. The number of aromatic nitrogens is 3. The number of rotatable bonds is 2. The van der Waals surface area contributed by atoms with Crippen molar-refractivity contribution in [2.24, 2.45) is 0 Å². The van der Waals surface area contributed by atoms with Crippen molar-refractivity contribution in [2.75, 3.05) is 36.0 Å². The van der Waals surface area contributed by atoms with Crippen LogP contribution in [0.1, 0.15) is 5.69 Å². The fourth-order valence-electron chi connectivity index (χ4n) is 2.76. The summed E-state index contributed by atoms with van der Waals surface area (Å²) in [6.07, 6.45) is 1.61. The van der Waals surface area contributed by atoms with Gasteiger partial charge in [0.1, 0.15) is 17.7 Å². The highest BCUT2D eigenvalue weighted by atomic mass is 35.5. The molecule has 1 saturated heterocycles. The minimum absolute atomic E-state index is 0.654. The third-order valence-corrected chi connectivity index (χ3v) is 4.24. The fourth-order valence-corrected chi connectivity index (χ4v) is 2.92. The van der Waals surface area contributed by atoms with E-state index in [1.165, 1.54) is 0 Å². The van der Waals surface area contributed by atoms with Crippen LogP contribution < -0.4 is 9.80 Å². The Bertz CT molecular complexity index is 841. The zero-order valence-corrected chi connectivity index (χ0v) is 13.5. The number of aryl methyl sites for hydroxylation is 1. The molecule has 118 valence electrons. The predicted molar refractivity (Wildman–Crippen MR) is 90.2 cm³/mol. The van der Waals surface area contributed by atoms with Crippen molar-refractivity contribution in [3.63, 3.8) is 0 Å². The van der Waals surface area contributed by atoms with E-state index in [1.807, 2.05) is 25.1 Å². The van der Waals surface area contributed by atoms with Gasteiger partial charge in [-0.3, -0.25) is 0 Å². The standard InChI is InChI=1S/C16H16ClN5O/c1-11-8-15(19-10-18-11)21-4-6-22(7-5-21)16-20-13-3-2-12(17)9-14(13)23-16/h2-3,8-10H,4-7H2,1H3. The van der Waals surface area contributed by atoms with Gasteiger partial charge in [0.25, 0.3) is 6.01 Å². The van der Waals surface area contributed by atoms with E-state index in [-0.39, 0.29) is 0 Å². The molecule has 0 unspecified atom stereocenters. The molecule has 0 radical (unpaired) electrons. The molecule has 23 heavy (non-hydrogen) atoms. The Morgan fingerprint density at radius 1 is 1.04 bits per heavy atom. The first-order chi connectivity index (χ1) is 11.2. The van der Waals surface area contributed by atoms with Gasteiger partial charge in [-0.25, -0.2) is 9.97 Å². The van der Waals surface area contributed by atoms with E-state index < -0.39 is 0 Å². The Morgan fingerprint density at radius 2 is 1.83 bits per heavy atom. The first kappa shape index (κ1) is 14.3. The average molecular weight is 330 g/mol. The van der Waals surface area contributed by atoms with E-state index in [0.29, 0.717) is 11.0 Å². The molecule has 0 N–H and O–H groups in total. The molecule has 3 heterocycles. The average Bonchev–Trinajstić information content (AvgIpc) is 2.98. The lowest BCUT2D eigenvalue weighted by Crippen LogP contribution is -2.47. The molecule has 1 aliphatic rings. The zero-order chi connectivity index (χ0) is 15.8. The minimum atomic E-state index is 0.654. The monoisotopic (exact) mass is 329 g/mol. The lowest BCUT2D eigenvalue weighted by atomic mass is 10.3. The highest BCUT2D eigenvalue weighted by molar-refractivity contribution is 6.31. The van der Waals surface area contributed by atoms with Crippen LogP contribution >= 0.6 is 11.6 Å². The van der Waals surface area contributed by atoms with Crippen LogP contribution in [0, 0.1) is 6.92 Å². The van der Waals surface area contributed by atoms with Crippen LogP contribution in [0.25, 0.3) is 11.1 Å². The highest BCUT2D eigenvalue weighted by Crippen LogP contribution is 2.26. The molecule has 6 nitrogen and oxygen atoms in total. The summed E-state index contributed by atoms with van der Waals surface area (Å²) in [5, 5.41) is 0.657. The van der Waals surface area contributed by atoms with Gasteiger partial charge in [-0.1, -0.05) is 11.6 Å². The number of oxazole rings is 1. The van der Waals surface area contributed by atoms with Gasteiger partial charge in [-0.2, -0.15) is 4.98 Å². The van der Waals surface area contributed by atoms with E-state index in [2.05, 4.69) is 24.8 Å². The van der Waals surface area contributed by atoms with Crippen molar-refractivity contribution < 1.29 is 4.42 Å². The van der Waals surface area contributed by atoms with Gasteiger partial charge in [0.2, 0.25) is 0 Å². The number of benzene rings is 1. The summed E-state index contributed by atoms with van der Waals surface area (Å²) in [7, 11) is 0. The molecule has 0 aliphatic carbocycles. The van der Waals surface area contributed by atoms with Crippen LogP contribution in [0.15, 0.2) is 35.0 Å². The van der Waals surface area contributed by atoms with E-state index in [4.69, 9.17) is 16.0 Å². The van der Waals surface area contributed by atoms with Crippen LogP contribution in [-0.2, 0) is 0 Å². The Balaban J connectivity index is 1.50. The third-order valence-electron chi connectivity index (χ3n) is 4.00. The normalized spacial score (nSPS) is 15.4. The SMILES string of the molecule is Cc1cc(N2CCN(c3nc4ccc(Cl)cc4o3)CC2)ncn1. The number of halogens is 1. The molecule has 2 aromatic heterocycles. The van der Waals surface area contributed by atoms with Gasteiger partial charge in [-0.05, 0) is 19.1 Å². The summed E-state index contributed by atoms with van der Waals surface area (Å²) >= 11 is 5.99. The van der Waals surface area contributed by atoms with Gasteiger partial charge in [0.15, 0.2) is 5.58 Å². The second-order valence-corrected chi connectivity index (χ2v) is 6.04. The molecule has 0 saturated carbocycles. The maximum Gasteiger partial charge on any atom is 0.298 e. The number of piperazine rings is 1. The van der Waals surface area contributed by atoms with E-state index >= 15 is 0 Å². The molecule has 0 spiro atoms. The van der Waals surface area contributed by atoms with Crippen LogP contribution in [0.3, 0.4) is 0 Å². The second kappa shape index (κ2) is 5.70. The molecule has 0 bridgehead atoms. The van der Waals surface area contributed by atoms with Gasteiger partial charge in [-0.15, -0.1) is 0 Å². The summed E-state index contributed by atoms with van der Waals surface area (Å²) in [5.41, 5.74) is 2.54. The lowest BCUT2D eigenvalue weighted by Gasteiger charge is -2.34. The largest absolute Gasteiger partial charge is 0.423 e. The van der Waals surface area contributed by atoms with Crippen molar-refractivity contribution in [1.29, 1.82) is 0 Å². The topological polar surface area (TPSA) is 58.3 Å². The number of hydrogen-bond donors (Lipinski definition) is 0. The Labute approximate surface area is 138 Å². The summed E-state index contributed by atoms with van der Waals surface area (Å²) < 4.78 is 5.83. The Kier molecular flexibility index (Phi) is 3.53. The van der Waals surface area contributed by atoms with Crippen molar-refractivity contribution in [3.8, 4) is 0 Å². The van der Waals surface area contributed by atoms with Crippen LogP contribution in [0.2, 0.25) is 5.02 Å². The molecule has 7 heteroatoms. The summed E-state index contributed by atoms with van der Waals surface area (Å²) in [6.45, 7) is 5.39. The number of hydrogen-bond acceptors (Lipinski definition) is 6. The molecule has 1 aromatic carbocycles. The van der Waals surface area contributed by atoms with E-state index in [1.54, 1.807) is 12.4 Å². The maximum absolute atomic E-state index is 5.99. The van der Waals surface area contributed by atoms with Crippen LogP contribution in [-0.4, -0.2) is 41.1 Å². The first-order valence-corrected chi connectivity index (χ1v) is 7.91. The zero-order valence-electron chi connectivity index (χ0n) is 12.7. The highest BCUT2D eigenvalue weighted by Gasteiger charge is 2.22. The second-order valence-electron chi connectivity index (χ2n) is 5.60. The molecule has 0 amide bonds. The molecular formula is C16H16ClN5O. The summed E-state index contributed by atoms with van der Waals surface area (Å²) in [5.74, 6) is 0.974. The van der Waals surface area contributed by atoms with Gasteiger partial charge < -0.3 is 14.2 Å². The molecule has 0 atom stereocenters. The predicted octanol–water partition coefficient (Wildman–Crippen LogP) is 2.91. The molecular weight excluding hydrogens is 314 g/mol. The van der Waals surface area contributed by atoms with Crippen molar-refractivity contribution in [2.45, 2.75) is 6.92 Å².